The van der Waals surface area contributed by atoms with Gasteiger partial charge in [0.1, 0.15) is 18.2 Å². The summed E-state index contributed by atoms with van der Waals surface area (Å²) in [7, 11) is 0. The van der Waals surface area contributed by atoms with Crippen molar-refractivity contribution in [3.8, 4) is 5.75 Å². The smallest absolute Gasteiger partial charge is 0.138 e. The molecule has 0 saturated carbocycles. The highest BCUT2D eigenvalue weighted by Crippen LogP contribution is 2.29. The fourth-order valence-electron chi connectivity index (χ4n) is 1.71. The number of hydrogen-bond acceptors (Lipinski definition) is 2. The summed E-state index contributed by atoms with van der Waals surface area (Å²) in [6, 6.07) is 9.41. The summed E-state index contributed by atoms with van der Waals surface area (Å²) in [6.07, 6.45) is -0.609. The van der Waals surface area contributed by atoms with Gasteiger partial charge in [-0.2, -0.15) is 0 Å². The minimum atomic E-state index is -0.609. The van der Waals surface area contributed by atoms with Gasteiger partial charge in [-0.1, -0.05) is 35.3 Å². The van der Waals surface area contributed by atoms with Crippen LogP contribution in [0.15, 0.2) is 36.4 Å². The number of rotatable bonds is 4. The Morgan fingerprint density at radius 3 is 2.55 bits per heavy atom. The molecule has 2 aromatic rings. The van der Waals surface area contributed by atoms with Crippen molar-refractivity contribution in [3.63, 3.8) is 0 Å². The summed E-state index contributed by atoms with van der Waals surface area (Å²) in [5.74, 6) is -0.00962. The predicted octanol–water partition coefficient (Wildman–Crippen LogP) is 4.76. The molecule has 0 amide bonds. The average molecular weight is 315 g/mol. The van der Waals surface area contributed by atoms with E-state index in [9.17, 15) is 9.50 Å². The Labute approximate surface area is 126 Å². The van der Waals surface area contributed by atoms with E-state index in [1.807, 2.05) is 0 Å². The molecule has 1 atom stereocenters. The van der Waals surface area contributed by atoms with E-state index in [-0.39, 0.29) is 12.2 Å². The molecule has 0 bridgehead atoms. The molecular weight excluding hydrogens is 302 g/mol. The van der Waals surface area contributed by atoms with Gasteiger partial charge in [0.25, 0.3) is 0 Å². The van der Waals surface area contributed by atoms with Crippen molar-refractivity contribution < 1.29 is 14.2 Å². The van der Waals surface area contributed by atoms with Gasteiger partial charge in [-0.05, 0) is 36.8 Å². The largest absolute Gasteiger partial charge is 0.487 e. The van der Waals surface area contributed by atoms with Crippen LogP contribution in [-0.4, -0.2) is 5.11 Å². The molecular formula is C15H13Cl2FO2. The lowest BCUT2D eigenvalue weighted by Gasteiger charge is -2.12. The van der Waals surface area contributed by atoms with Crippen LogP contribution in [-0.2, 0) is 6.61 Å². The molecule has 1 unspecified atom stereocenters. The second-order valence-electron chi connectivity index (χ2n) is 4.35. The Morgan fingerprint density at radius 1 is 1.20 bits per heavy atom. The van der Waals surface area contributed by atoms with Crippen LogP contribution in [0.5, 0.6) is 5.75 Å². The highest BCUT2D eigenvalue weighted by atomic mass is 35.5. The zero-order valence-electron chi connectivity index (χ0n) is 10.7. The molecule has 0 saturated heterocycles. The van der Waals surface area contributed by atoms with Gasteiger partial charge in [0.05, 0.1) is 16.1 Å². The first-order valence-corrected chi connectivity index (χ1v) is 6.78. The first-order valence-electron chi connectivity index (χ1n) is 6.02. The van der Waals surface area contributed by atoms with Gasteiger partial charge in [-0.25, -0.2) is 4.39 Å². The third-order valence-electron chi connectivity index (χ3n) is 2.87. The van der Waals surface area contributed by atoms with Crippen molar-refractivity contribution in [3.05, 3.63) is 63.4 Å². The van der Waals surface area contributed by atoms with E-state index in [2.05, 4.69) is 0 Å². The maximum absolute atomic E-state index is 13.6. The highest BCUT2D eigenvalue weighted by molar-refractivity contribution is 6.32. The topological polar surface area (TPSA) is 29.5 Å². The molecule has 20 heavy (non-hydrogen) atoms. The molecule has 106 valence electrons. The monoisotopic (exact) mass is 314 g/mol. The van der Waals surface area contributed by atoms with Gasteiger partial charge in [-0.3, -0.25) is 0 Å². The normalized spacial score (nSPS) is 12.2. The standard InChI is InChI=1S/C15H13Cl2FO2/c1-9(19)10-5-6-15(13(17)7-10)20-8-11-12(16)3-2-4-14(11)18/h2-7,9,19H,8H2,1H3. The quantitative estimate of drug-likeness (QED) is 0.881. The lowest BCUT2D eigenvalue weighted by atomic mass is 10.1. The maximum Gasteiger partial charge on any atom is 0.138 e. The number of aliphatic hydroxyl groups excluding tert-OH is 1. The van der Waals surface area contributed by atoms with Crippen molar-refractivity contribution in [2.75, 3.05) is 0 Å². The van der Waals surface area contributed by atoms with Crippen molar-refractivity contribution in [1.29, 1.82) is 0 Å². The number of aliphatic hydroxyl groups is 1. The number of benzene rings is 2. The fraction of sp³-hybridized carbons (Fsp3) is 0.200. The van der Waals surface area contributed by atoms with Gasteiger partial charge in [0, 0.05) is 5.56 Å². The first-order chi connectivity index (χ1) is 9.49. The first kappa shape index (κ1) is 15.1. The molecule has 0 aliphatic rings. The summed E-state index contributed by atoms with van der Waals surface area (Å²) in [5, 5.41) is 10.1. The van der Waals surface area contributed by atoms with E-state index >= 15 is 0 Å². The van der Waals surface area contributed by atoms with Crippen LogP contribution < -0.4 is 4.74 Å². The maximum atomic E-state index is 13.6. The molecule has 0 spiro atoms. The SMILES string of the molecule is CC(O)c1ccc(OCc2c(F)cccc2Cl)c(Cl)c1. The van der Waals surface area contributed by atoms with Crippen LogP contribution in [0.3, 0.4) is 0 Å². The van der Waals surface area contributed by atoms with E-state index in [4.69, 9.17) is 27.9 Å². The number of ether oxygens (including phenoxy) is 1. The van der Waals surface area contributed by atoms with Crippen LogP contribution in [0.1, 0.15) is 24.2 Å². The molecule has 2 aromatic carbocycles. The Kier molecular flexibility index (Phi) is 4.86. The van der Waals surface area contributed by atoms with E-state index in [1.54, 1.807) is 31.2 Å². The molecule has 2 rings (SSSR count). The number of halogens is 3. The molecule has 0 fully saturated rings. The van der Waals surface area contributed by atoms with Gasteiger partial charge >= 0.3 is 0 Å². The lowest BCUT2D eigenvalue weighted by Crippen LogP contribution is -2.00. The highest BCUT2D eigenvalue weighted by Gasteiger charge is 2.10. The van der Waals surface area contributed by atoms with Gasteiger partial charge < -0.3 is 9.84 Å². The van der Waals surface area contributed by atoms with Crippen LogP contribution in [0.25, 0.3) is 0 Å². The Balaban J connectivity index is 2.15. The lowest BCUT2D eigenvalue weighted by molar-refractivity contribution is 0.199. The fourth-order valence-corrected chi connectivity index (χ4v) is 2.18. The number of hydrogen-bond donors (Lipinski definition) is 1. The second-order valence-corrected chi connectivity index (χ2v) is 5.17. The predicted molar refractivity (Wildman–Crippen MR) is 77.8 cm³/mol. The van der Waals surface area contributed by atoms with Gasteiger partial charge in [0.2, 0.25) is 0 Å². The van der Waals surface area contributed by atoms with Crippen molar-refractivity contribution in [2.45, 2.75) is 19.6 Å². The molecule has 0 heterocycles. The third kappa shape index (κ3) is 3.42. The van der Waals surface area contributed by atoms with Gasteiger partial charge in [-0.15, -0.1) is 0 Å². The van der Waals surface area contributed by atoms with Crippen molar-refractivity contribution >= 4 is 23.2 Å². The zero-order valence-corrected chi connectivity index (χ0v) is 12.2. The Hall–Kier alpha value is -1.29. The van der Waals surface area contributed by atoms with Crippen molar-refractivity contribution in [2.24, 2.45) is 0 Å². The molecule has 5 heteroatoms. The van der Waals surface area contributed by atoms with Crippen molar-refractivity contribution in [1.82, 2.24) is 0 Å². The molecule has 0 aliphatic heterocycles. The zero-order chi connectivity index (χ0) is 14.7. The summed E-state index contributed by atoms with van der Waals surface area (Å²) in [4.78, 5) is 0. The van der Waals surface area contributed by atoms with Crippen LogP contribution in [0.4, 0.5) is 4.39 Å². The summed E-state index contributed by atoms with van der Waals surface area (Å²) >= 11 is 12.0. The molecule has 0 aliphatic carbocycles. The van der Waals surface area contributed by atoms with Gasteiger partial charge in [0.15, 0.2) is 0 Å². The second kappa shape index (κ2) is 6.44. The minimum absolute atomic E-state index is 0.0146. The van der Waals surface area contributed by atoms with Crippen LogP contribution in [0, 0.1) is 5.82 Å². The van der Waals surface area contributed by atoms with Crippen LogP contribution >= 0.6 is 23.2 Å². The summed E-state index contributed by atoms with van der Waals surface area (Å²) < 4.78 is 19.1. The van der Waals surface area contributed by atoms with E-state index in [0.29, 0.717) is 21.4 Å². The van der Waals surface area contributed by atoms with E-state index < -0.39 is 11.9 Å². The molecule has 0 aromatic heterocycles. The average Bonchev–Trinajstić information content (AvgIpc) is 2.39. The summed E-state index contributed by atoms with van der Waals surface area (Å²) in [6.45, 7) is 1.63. The molecule has 0 radical (unpaired) electrons. The Morgan fingerprint density at radius 2 is 1.95 bits per heavy atom. The van der Waals surface area contributed by atoms with E-state index in [0.717, 1.165) is 0 Å². The molecule has 2 nitrogen and oxygen atoms in total. The van der Waals surface area contributed by atoms with E-state index in [1.165, 1.54) is 12.1 Å². The summed E-state index contributed by atoms with van der Waals surface area (Å²) in [5.41, 5.74) is 0.969. The third-order valence-corrected chi connectivity index (χ3v) is 3.52. The van der Waals surface area contributed by atoms with Crippen LogP contribution in [0.2, 0.25) is 10.0 Å². The minimum Gasteiger partial charge on any atom is -0.487 e. The molecule has 1 N–H and O–H groups in total. The Bertz CT molecular complexity index is 595.